The number of piperazine rings is 1. The predicted molar refractivity (Wildman–Crippen MR) is 81.7 cm³/mol. The zero-order chi connectivity index (χ0) is 15.1. The van der Waals surface area contributed by atoms with Crippen LogP contribution < -0.4 is 0 Å². The van der Waals surface area contributed by atoms with Gasteiger partial charge in [0.15, 0.2) is 0 Å². The molecule has 0 unspecified atom stereocenters. The molecule has 0 atom stereocenters. The highest BCUT2D eigenvalue weighted by Gasteiger charge is 2.20. The van der Waals surface area contributed by atoms with Crippen LogP contribution in [0.2, 0.25) is 0 Å². The van der Waals surface area contributed by atoms with Crippen LogP contribution in [-0.4, -0.2) is 71.9 Å². The molecule has 1 aliphatic rings. The molecule has 0 N–H and O–H groups in total. The second kappa shape index (κ2) is 8.08. The topological polar surface area (TPSA) is 63.5 Å². The number of aromatic nitrogens is 1. The van der Waals surface area contributed by atoms with E-state index in [4.69, 9.17) is 5.26 Å². The molecule has 2 rings (SSSR count). The molecule has 21 heavy (non-hydrogen) atoms. The Bertz CT molecular complexity index is 476. The van der Waals surface area contributed by atoms with Crippen molar-refractivity contribution in [2.24, 2.45) is 0 Å². The monoisotopic (exact) mass is 307 g/mol. The summed E-state index contributed by atoms with van der Waals surface area (Å²) in [5, 5.41) is 10.6. The maximum Gasteiger partial charge on any atom is 0.236 e. The second-order valence-corrected chi connectivity index (χ2v) is 5.97. The van der Waals surface area contributed by atoms with Gasteiger partial charge in [0.2, 0.25) is 5.91 Å². The summed E-state index contributed by atoms with van der Waals surface area (Å²) in [6.45, 7) is 5.60. The third-order valence-corrected chi connectivity index (χ3v) is 4.31. The SMILES string of the molecule is CN(CCC#N)C(=O)CN1CCN(Cc2cscn2)CC1. The third kappa shape index (κ3) is 5.08. The molecule has 0 radical (unpaired) electrons. The van der Waals surface area contributed by atoms with Crippen molar-refractivity contribution >= 4 is 17.2 Å². The molecule has 0 aromatic carbocycles. The molecule has 0 saturated carbocycles. The van der Waals surface area contributed by atoms with Crippen molar-refractivity contribution in [2.75, 3.05) is 46.3 Å². The zero-order valence-electron chi connectivity index (χ0n) is 12.4. The third-order valence-electron chi connectivity index (χ3n) is 3.68. The van der Waals surface area contributed by atoms with Gasteiger partial charge in [-0.1, -0.05) is 0 Å². The summed E-state index contributed by atoms with van der Waals surface area (Å²) < 4.78 is 0. The minimum Gasteiger partial charge on any atom is -0.344 e. The Hall–Kier alpha value is -1.49. The second-order valence-electron chi connectivity index (χ2n) is 5.26. The lowest BCUT2D eigenvalue weighted by Crippen LogP contribution is -2.49. The fourth-order valence-corrected chi connectivity index (χ4v) is 2.85. The van der Waals surface area contributed by atoms with Crippen LogP contribution in [0.5, 0.6) is 0 Å². The summed E-state index contributed by atoms with van der Waals surface area (Å²) in [5.74, 6) is 0.0956. The van der Waals surface area contributed by atoms with E-state index < -0.39 is 0 Å². The van der Waals surface area contributed by atoms with Crippen LogP contribution in [0.4, 0.5) is 0 Å². The minimum atomic E-state index is 0.0956. The van der Waals surface area contributed by atoms with Gasteiger partial charge < -0.3 is 4.90 Å². The number of carbonyl (C=O) groups is 1. The van der Waals surface area contributed by atoms with Crippen molar-refractivity contribution in [3.05, 3.63) is 16.6 Å². The first-order chi connectivity index (χ1) is 10.2. The van der Waals surface area contributed by atoms with Gasteiger partial charge in [0.1, 0.15) is 0 Å². The van der Waals surface area contributed by atoms with E-state index in [-0.39, 0.29) is 5.91 Å². The molecule has 0 bridgehead atoms. The lowest BCUT2D eigenvalue weighted by Gasteiger charge is -2.34. The van der Waals surface area contributed by atoms with Crippen molar-refractivity contribution in [3.8, 4) is 6.07 Å². The summed E-state index contributed by atoms with van der Waals surface area (Å²) in [4.78, 5) is 22.5. The smallest absolute Gasteiger partial charge is 0.236 e. The molecule has 0 spiro atoms. The van der Waals surface area contributed by atoms with E-state index >= 15 is 0 Å². The molecule has 1 aromatic rings. The molecule has 0 aliphatic carbocycles. The molecule has 1 fully saturated rings. The number of carbonyl (C=O) groups excluding carboxylic acids is 1. The standard InChI is InChI=1S/C14H21N5OS/c1-17(4-2-3-15)14(20)10-19-7-5-18(6-8-19)9-13-11-21-12-16-13/h11-12H,2,4-10H2,1H3. The van der Waals surface area contributed by atoms with Crippen molar-refractivity contribution in [3.63, 3.8) is 0 Å². The van der Waals surface area contributed by atoms with Gasteiger partial charge in [0.05, 0.1) is 30.2 Å². The Balaban J connectivity index is 1.69. The van der Waals surface area contributed by atoms with Crippen molar-refractivity contribution in [1.29, 1.82) is 5.26 Å². The normalized spacial score (nSPS) is 16.6. The molecule has 1 aromatic heterocycles. The van der Waals surface area contributed by atoms with Crippen LogP contribution in [0.25, 0.3) is 0 Å². The number of rotatable bonds is 6. The van der Waals surface area contributed by atoms with E-state index in [1.807, 2.05) is 5.51 Å². The fourth-order valence-electron chi connectivity index (χ4n) is 2.30. The molecule has 6 nitrogen and oxygen atoms in total. The van der Waals surface area contributed by atoms with Crippen LogP contribution in [0.1, 0.15) is 12.1 Å². The summed E-state index contributed by atoms with van der Waals surface area (Å²) in [5.41, 5.74) is 2.99. The molecule has 1 saturated heterocycles. The van der Waals surface area contributed by atoms with Gasteiger partial charge in [-0.3, -0.25) is 14.6 Å². The zero-order valence-corrected chi connectivity index (χ0v) is 13.2. The molecule has 1 amide bonds. The number of thiazole rings is 1. The van der Waals surface area contributed by atoms with Crippen LogP contribution in [-0.2, 0) is 11.3 Å². The molecule has 2 heterocycles. The van der Waals surface area contributed by atoms with Gasteiger partial charge in [-0.25, -0.2) is 4.98 Å². The maximum atomic E-state index is 12.0. The first-order valence-corrected chi connectivity index (χ1v) is 8.06. The highest BCUT2D eigenvalue weighted by Crippen LogP contribution is 2.09. The predicted octanol–water partition coefficient (Wildman–Crippen LogP) is 0.633. The van der Waals surface area contributed by atoms with Crippen molar-refractivity contribution in [2.45, 2.75) is 13.0 Å². The Kier molecular flexibility index (Phi) is 6.11. The van der Waals surface area contributed by atoms with Gasteiger partial charge in [0, 0.05) is 51.7 Å². The lowest BCUT2D eigenvalue weighted by molar-refractivity contribution is -0.131. The minimum absolute atomic E-state index is 0.0956. The Morgan fingerprint density at radius 1 is 1.43 bits per heavy atom. The van der Waals surface area contributed by atoms with Gasteiger partial charge >= 0.3 is 0 Å². The first kappa shape index (κ1) is 15.9. The number of likely N-dealkylation sites (N-methyl/N-ethyl adjacent to an activating group) is 1. The van der Waals surface area contributed by atoms with E-state index in [0.717, 1.165) is 38.4 Å². The number of nitriles is 1. The lowest BCUT2D eigenvalue weighted by atomic mass is 10.3. The van der Waals surface area contributed by atoms with Crippen LogP contribution in [0.15, 0.2) is 10.9 Å². The summed E-state index contributed by atoms with van der Waals surface area (Å²) >= 11 is 1.63. The van der Waals surface area contributed by atoms with E-state index in [0.29, 0.717) is 19.5 Å². The van der Waals surface area contributed by atoms with Crippen LogP contribution in [0, 0.1) is 11.3 Å². The van der Waals surface area contributed by atoms with Crippen LogP contribution >= 0.6 is 11.3 Å². The highest BCUT2D eigenvalue weighted by atomic mass is 32.1. The maximum absolute atomic E-state index is 12.0. The summed E-state index contributed by atoms with van der Waals surface area (Å²) in [6.07, 6.45) is 0.393. The van der Waals surface area contributed by atoms with Gasteiger partial charge in [-0.2, -0.15) is 5.26 Å². The summed E-state index contributed by atoms with van der Waals surface area (Å²) in [6, 6.07) is 2.06. The average molecular weight is 307 g/mol. The summed E-state index contributed by atoms with van der Waals surface area (Å²) in [7, 11) is 1.76. The number of amides is 1. The molecule has 1 aliphatic heterocycles. The molecule has 114 valence electrons. The van der Waals surface area contributed by atoms with E-state index in [1.54, 1.807) is 23.3 Å². The average Bonchev–Trinajstić information content (AvgIpc) is 2.99. The van der Waals surface area contributed by atoms with E-state index in [2.05, 4.69) is 26.2 Å². The van der Waals surface area contributed by atoms with E-state index in [9.17, 15) is 4.79 Å². The van der Waals surface area contributed by atoms with Crippen molar-refractivity contribution in [1.82, 2.24) is 19.7 Å². The quantitative estimate of drug-likeness (QED) is 0.771. The Morgan fingerprint density at radius 3 is 2.76 bits per heavy atom. The highest BCUT2D eigenvalue weighted by molar-refractivity contribution is 7.07. The Labute approximate surface area is 129 Å². The Morgan fingerprint density at radius 2 is 2.14 bits per heavy atom. The first-order valence-electron chi connectivity index (χ1n) is 7.11. The molecular weight excluding hydrogens is 286 g/mol. The number of nitrogens with zero attached hydrogens (tertiary/aromatic N) is 5. The van der Waals surface area contributed by atoms with Gasteiger partial charge in [-0.05, 0) is 0 Å². The largest absolute Gasteiger partial charge is 0.344 e. The molecule has 7 heteroatoms. The fraction of sp³-hybridized carbons (Fsp3) is 0.643. The number of hydrogen-bond acceptors (Lipinski definition) is 6. The van der Waals surface area contributed by atoms with Gasteiger partial charge in [0.25, 0.3) is 0 Å². The van der Waals surface area contributed by atoms with E-state index in [1.165, 1.54) is 0 Å². The van der Waals surface area contributed by atoms with Crippen molar-refractivity contribution < 1.29 is 4.79 Å². The number of hydrogen-bond donors (Lipinski definition) is 0. The molecular formula is C14H21N5OS. The van der Waals surface area contributed by atoms with Crippen LogP contribution in [0.3, 0.4) is 0 Å². The van der Waals surface area contributed by atoms with Gasteiger partial charge in [-0.15, -0.1) is 11.3 Å².